The fraction of sp³-hybridized carbons (Fsp3) is 0.417. The van der Waals surface area contributed by atoms with Crippen molar-refractivity contribution in [1.82, 2.24) is 10.2 Å². The minimum Gasteiger partial charge on any atom is -0.484 e. The third-order valence-electron chi connectivity index (χ3n) is 5.21. The molecule has 0 radical (unpaired) electrons. The van der Waals surface area contributed by atoms with Crippen LogP contribution in [0.5, 0.6) is 5.75 Å². The summed E-state index contributed by atoms with van der Waals surface area (Å²) < 4.78 is 7.79. The van der Waals surface area contributed by atoms with Gasteiger partial charge in [-0.1, -0.05) is 50.9 Å². The van der Waals surface area contributed by atoms with Crippen molar-refractivity contribution in [3.05, 3.63) is 62.0 Å². The maximum atomic E-state index is 13.1. The lowest BCUT2D eigenvalue weighted by Crippen LogP contribution is -2.50. The molecule has 0 aliphatic rings. The average molecular weight is 554 g/mol. The van der Waals surface area contributed by atoms with E-state index in [2.05, 4.69) is 37.2 Å². The number of aryl methyl sites for hydroxylation is 2. The van der Waals surface area contributed by atoms with Gasteiger partial charge in [-0.2, -0.15) is 0 Å². The summed E-state index contributed by atoms with van der Waals surface area (Å²) in [5.41, 5.74) is 3.01. The Morgan fingerprint density at radius 3 is 2.19 bits per heavy atom. The van der Waals surface area contributed by atoms with E-state index < -0.39 is 6.04 Å². The predicted molar refractivity (Wildman–Crippen MR) is 131 cm³/mol. The molecule has 2 aromatic rings. The van der Waals surface area contributed by atoms with Gasteiger partial charge in [-0.05, 0) is 75.1 Å². The molecule has 0 fully saturated rings. The molecule has 0 heterocycles. The second-order valence-electron chi connectivity index (χ2n) is 7.80. The van der Waals surface area contributed by atoms with Crippen LogP contribution in [-0.4, -0.2) is 35.4 Å². The Morgan fingerprint density at radius 1 is 1.06 bits per heavy atom. The Balaban J connectivity index is 2.18. The first-order valence-corrected chi connectivity index (χ1v) is 11.9. The highest BCUT2D eigenvalue weighted by Crippen LogP contribution is 2.26. The summed E-state index contributed by atoms with van der Waals surface area (Å²) in [5.74, 6) is 0.218. The fourth-order valence-electron chi connectivity index (χ4n) is 3.05. The molecule has 0 aromatic heterocycles. The molecule has 0 saturated carbocycles. The van der Waals surface area contributed by atoms with E-state index >= 15 is 0 Å². The van der Waals surface area contributed by atoms with Crippen LogP contribution in [0.1, 0.15) is 43.9 Å². The number of rotatable bonds is 9. The number of ether oxygens (including phenoxy) is 1. The predicted octanol–water partition coefficient (Wildman–Crippen LogP) is 5.54. The molecule has 0 spiro atoms. The van der Waals surface area contributed by atoms with E-state index in [-0.39, 0.29) is 24.5 Å². The summed E-state index contributed by atoms with van der Waals surface area (Å²) in [4.78, 5) is 27.4. The topological polar surface area (TPSA) is 58.6 Å². The van der Waals surface area contributed by atoms with Gasteiger partial charge in [0.2, 0.25) is 5.91 Å². The number of carbonyl (C=O) groups is 2. The van der Waals surface area contributed by atoms with Crippen LogP contribution in [0.25, 0.3) is 0 Å². The van der Waals surface area contributed by atoms with Gasteiger partial charge >= 0.3 is 0 Å². The largest absolute Gasteiger partial charge is 0.484 e. The second kappa shape index (κ2) is 11.7. The SMILES string of the molecule is CCC(C)NC(=O)C(C)N(Cc1ccc(Br)cc1)C(=O)COc1cc(C)c(Br)c(C)c1. The van der Waals surface area contributed by atoms with E-state index in [4.69, 9.17) is 4.74 Å². The van der Waals surface area contributed by atoms with Crippen LogP contribution >= 0.6 is 31.9 Å². The van der Waals surface area contributed by atoms with Gasteiger partial charge in [-0.3, -0.25) is 9.59 Å². The second-order valence-corrected chi connectivity index (χ2v) is 9.51. The average Bonchev–Trinajstić information content (AvgIpc) is 2.74. The highest BCUT2D eigenvalue weighted by molar-refractivity contribution is 9.10. The van der Waals surface area contributed by atoms with Gasteiger partial charge in [0.15, 0.2) is 6.61 Å². The molecule has 31 heavy (non-hydrogen) atoms. The van der Waals surface area contributed by atoms with Gasteiger partial charge in [-0.15, -0.1) is 0 Å². The molecule has 2 rings (SSSR count). The zero-order valence-electron chi connectivity index (χ0n) is 18.7. The van der Waals surface area contributed by atoms with Gasteiger partial charge in [0.05, 0.1) is 0 Å². The highest BCUT2D eigenvalue weighted by atomic mass is 79.9. The molecule has 2 atom stereocenters. The number of halogens is 2. The lowest BCUT2D eigenvalue weighted by Gasteiger charge is -2.29. The smallest absolute Gasteiger partial charge is 0.261 e. The quantitative estimate of drug-likeness (QED) is 0.443. The van der Waals surface area contributed by atoms with E-state index in [1.54, 1.807) is 11.8 Å². The van der Waals surface area contributed by atoms with Crippen molar-refractivity contribution in [1.29, 1.82) is 0 Å². The molecular formula is C24H30Br2N2O3. The summed E-state index contributed by atoms with van der Waals surface area (Å²) >= 11 is 6.97. The lowest BCUT2D eigenvalue weighted by molar-refractivity contribution is -0.142. The van der Waals surface area contributed by atoms with Crippen molar-refractivity contribution >= 4 is 43.7 Å². The zero-order chi connectivity index (χ0) is 23.1. The van der Waals surface area contributed by atoms with Crippen molar-refractivity contribution in [3.8, 4) is 5.75 Å². The summed E-state index contributed by atoms with van der Waals surface area (Å²) in [6.07, 6.45) is 0.824. The first-order valence-electron chi connectivity index (χ1n) is 10.4. The van der Waals surface area contributed by atoms with E-state index in [1.807, 2.05) is 64.1 Å². The number of hydrogen-bond acceptors (Lipinski definition) is 3. The molecule has 168 valence electrons. The van der Waals surface area contributed by atoms with Crippen LogP contribution in [0.3, 0.4) is 0 Å². The van der Waals surface area contributed by atoms with E-state index in [1.165, 1.54) is 0 Å². The summed E-state index contributed by atoms with van der Waals surface area (Å²) in [7, 11) is 0. The molecule has 0 aliphatic heterocycles. The van der Waals surface area contributed by atoms with Crippen LogP contribution in [0.4, 0.5) is 0 Å². The van der Waals surface area contributed by atoms with Gasteiger partial charge in [0.1, 0.15) is 11.8 Å². The van der Waals surface area contributed by atoms with E-state index in [0.717, 1.165) is 32.1 Å². The Bertz CT molecular complexity index is 893. The summed E-state index contributed by atoms with van der Waals surface area (Å²) in [5, 5.41) is 2.97. The van der Waals surface area contributed by atoms with Crippen LogP contribution < -0.4 is 10.1 Å². The first kappa shape index (κ1) is 25.4. The molecule has 5 nitrogen and oxygen atoms in total. The van der Waals surface area contributed by atoms with E-state index in [9.17, 15) is 9.59 Å². The third kappa shape index (κ3) is 7.35. The standard InChI is InChI=1S/C24H30Br2N2O3/c1-6-17(4)27-24(30)18(5)28(13-19-7-9-20(25)10-8-19)22(29)14-31-21-11-15(2)23(26)16(3)12-21/h7-12,17-18H,6,13-14H2,1-5H3,(H,27,30). The number of hydrogen-bond donors (Lipinski definition) is 1. The maximum absolute atomic E-state index is 13.1. The Hall–Kier alpha value is -1.86. The monoisotopic (exact) mass is 552 g/mol. The molecule has 0 bridgehead atoms. The number of benzene rings is 2. The van der Waals surface area contributed by atoms with Crippen LogP contribution in [0.15, 0.2) is 45.3 Å². The fourth-order valence-corrected chi connectivity index (χ4v) is 3.55. The number of amides is 2. The van der Waals surface area contributed by atoms with Crippen LogP contribution in [0.2, 0.25) is 0 Å². The summed E-state index contributed by atoms with van der Waals surface area (Å²) in [6, 6.07) is 10.9. The lowest BCUT2D eigenvalue weighted by atomic mass is 10.1. The van der Waals surface area contributed by atoms with Crippen LogP contribution in [-0.2, 0) is 16.1 Å². The highest BCUT2D eigenvalue weighted by Gasteiger charge is 2.27. The van der Waals surface area contributed by atoms with Gasteiger partial charge in [0.25, 0.3) is 5.91 Å². The van der Waals surface area contributed by atoms with Gasteiger partial charge < -0.3 is 15.0 Å². The van der Waals surface area contributed by atoms with Crippen molar-refractivity contribution in [2.45, 2.75) is 59.7 Å². The number of nitrogens with zero attached hydrogens (tertiary/aromatic N) is 1. The van der Waals surface area contributed by atoms with E-state index in [0.29, 0.717) is 12.3 Å². The van der Waals surface area contributed by atoms with Gasteiger partial charge in [0, 0.05) is 21.5 Å². The van der Waals surface area contributed by atoms with Crippen molar-refractivity contribution in [2.75, 3.05) is 6.61 Å². The molecule has 0 saturated heterocycles. The first-order chi connectivity index (χ1) is 14.6. The Kier molecular flexibility index (Phi) is 9.56. The van der Waals surface area contributed by atoms with Crippen LogP contribution in [0, 0.1) is 13.8 Å². The summed E-state index contributed by atoms with van der Waals surface area (Å²) in [6.45, 7) is 9.85. The molecule has 2 aromatic carbocycles. The molecule has 2 amide bonds. The van der Waals surface area contributed by atoms with Crippen molar-refractivity contribution in [3.63, 3.8) is 0 Å². The third-order valence-corrected chi connectivity index (χ3v) is 6.99. The normalized spacial score (nSPS) is 12.7. The molecule has 1 N–H and O–H groups in total. The molecule has 2 unspecified atom stereocenters. The van der Waals surface area contributed by atoms with Crippen molar-refractivity contribution in [2.24, 2.45) is 0 Å². The molecular weight excluding hydrogens is 524 g/mol. The minimum atomic E-state index is -0.623. The minimum absolute atomic E-state index is 0.0459. The number of carbonyl (C=O) groups excluding carboxylic acids is 2. The number of nitrogens with one attached hydrogen (secondary N) is 1. The van der Waals surface area contributed by atoms with Gasteiger partial charge in [-0.25, -0.2) is 0 Å². The molecule has 0 aliphatic carbocycles. The Labute approximate surface area is 201 Å². The molecule has 7 heteroatoms. The zero-order valence-corrected chi connectivity index (χ0v) is 21.8. The Morgan fingerprint density at radius 2 is 1.65 bits per heavy atom. The maximum Gasteiger partial charge on any atom is 0.261 e. The van der Waals surface area contributed by atoms with Crippen molar-refractivity contribution < 1.29 is 14.3 Å².